The van der Waals surface area contributed by atoms with Gasteiger partial charge < -0.3 is 10.2 Å². The predicted molar refractivity (Wildman–Crippen MR) is 50.6 cm³/mol. The molecule has 1 atom stereocenters. The fraction of sp³-hybridized carbons (Fsp3) is 0.400. The van der Waals surface area contributed by atoms with Crippen molar-refractivity contribution in [2.24, 2.45) is 0 Å². The number of hydrogen-bond acceptors (Lipinski definition) is 2. The molecule has 1 aliphatic carbocycles. The normalized spacial score (nSPS) is 21.2. The summed E-state index contributed by atoms with van der Waals surface area (Å²) in [4.78, 5) is 0. The van der Waals surface area contributed by atoms with E-state index in [1.807, 2.05) is 0 Å². The summed E-state index contributed by atoms with van der Waals surface area (Å²) in [5, 5.41) is 20.0. The van der Waals surface area contributed by atoms with Crippen LogP contribution in [0.15, 0.2) is 24.3 Å². The second-order valence-electron chi connectivity index (χ2n) is 3.56. The van der Waals surface area contributed by atoms with Crippen molar-refractivity contribution < 1.29 is 10.2 Å². The van der Waals surface area contributed by atoms with Crippen LogP contribution in [0.2, 0.25) is 5.02 Å². The Kier molecular flexibility index (Phi) is 2.06. The molecule has 0 aliphatic heterocycles. The highest BCUT2D eigenvalue weighted by Crippen LogP contribution is 2.45. The predicted octanol–water partition coefficient (Wildman–Crippen LogP) is 1.90. The van der Waals surface area contributed by atoms with Crippen molar-refractivity contribution in [2.75, 3.05) is 0 Å². The lowest BCUT2D eigenvalue weighted by Gasteiger charge is -2.16. The SMILES string of the molecule is O[C@H](c1ccc(Cl)cc1)C1(O)CC1. The third kappa shape index (κ3) is 1.70. The molecule has 0 amide bonds. The van der Waals surface area contributed by atoms with Crippen LogP contribution >= 0.6 is 11.6 Å². The molecule has 2 rings (SSSR count). The summed E-state index contributed by atoms with van der Waals surface area (Å²) in [5.41, 5.74) is -0.155. The van der Waals surface area contributed by atoms with Crippen molar-refractivity contribution >= 4 is 11.6 Å². The van der Waals surface area contributed by atoms with Crippen LogP contribution in [-0.4, -0.2) is 15.8 Å². The van der Waals surface area contributed by atoms with Gasteiger partial charge in [-0.1, -0.05) is 23.7 Å². The highest BCUT2D eigenvalue weighted by atomic mass is 35.5. The standard InChI is InChI=1S/C10H11ClO2/c11-8-3-1-7(2-4-8)9(12)10(13)5-6-10/h1-4,9,12-13H,5-6H2/t9-/m1/s1. The Balaban J connectivity index is 2.20. The molecule has 1 aromatic rings. The van der Waals surface area contributed by atoms with E-state index >= 15 is 0 Å². The van der Waals surface area contributed by atoms with E-state index in [4.69, 9.17) is 11.6 Å². The highest BCUT2D eigenvalue weighted by molar-refractivity contribution is 6.30. The molecule has 0 aromatic heterocycles. The van der Waals surface area contributed by atoms with Crippen LogP contribution in [0.25, 0.3) is 0 Å². The first-order valence-corrected chi connectivity index (χ1v) is 4.65. The van der Waals surface area contributed by atoms with E-state index in [-0.39, 0.29) is 0 Å². The molecule has 1 aliphatic rings. The third-order valence-electron chi connectivity index (χ3n) is 2.46. The lowest BCUT2D eigenvalue weighted by molar-refractivity contribution is -0.00172. The van der Waals surface area contributed by atoms with Gasteiger partial charge in [0.1, 0.15) is 6.10 Å². The second kappa shape index (κ2) is 2.98. The van der Waals surface area contributed by atoms with Crippen LogP contribution in [0.3, 0.4) is 0 Å². The molecule has 2 N–H and O–H groups in total. The van der Waals surface area contributed by atoms with Gasteiger partial charge >= 0.3 is 0 Å². The van der Waals surface area contributed by atoms with Crippen LogP contribution in [0.4, 0.5) is 0 Å². The molecule has 0 radical (unpaired) electrons. The summed E-state index contributed by atoms with van der Waals surface area (Å²) in [6.07, 6.45) is 0.581. The molecule has 2 nitrogen and oxygen atoms in total. The molecule has 0 unspecified atom stereocenters. The van der Waals surface area contributed by atoms with Gasteiger partial charge in [0.15, 0.2) is 0 Å². The zero-order chi connectivity index (χ0) is 9.47. The minimum atomic E-state index is -0.881. The topological polar surface area (TPSA) is 40.5 Å². The number of benzene rings is 1. The van der Waals surface area contributed by atoms with Crippen LogP contribution < -0.4 is 0 Å². The highest BCUT2D eigenvalue weighted by Gasteiger charge is 2.47. The first-order valence-electron chi connectivity index (χ1n) is 4.28. The molecular formula is C10H11ClO2. The van der Waals surface area contributed by atoms with E-state index in [2.05, 4.69) is 0 Å². The molecule has 1 fully saturated rings. The Morgan fingerprint density at radius 2 is 1.77 bits per heavy atom. The van der Waals surface area contributed by atoms with Crippen LogP contribution in [-0.2, 0) is 0 Å². The summed E-state index contributed by atoms with van der Waals surface area (Å²) in [5.74, 6) is 0. The average molecular weight is 199 g/mol. The van der Waals surface area contributed by atoms with Crippen LogP contribution in [0.1, 0.15) is 24.5 Å². The Labute approximate surface area is 81.8 Å². The number of halogens is 1. The minimum absolute atomic E-state index is 0.638. The van der Waals surface area contributed by atoms with Crippen molar-refractivity contribution in [1.82, 2.24) is 0 Å². The Bertz CT molecular complexity index is 303. The summed E-state index contributed by atoms with van der Waals surface area (Å²) in [6, 6.07) is 6.91. The van der Waals surface area contributed by atoms with E-state index in [1.54, 1.807) is 24.3 Å². The monoisotopic (exact) mass is 198 g/mol. The molecule has 0 saturated heterocycles. The molecule has 13 heavy (non-hydrogen) atoms. The van der Waals surface area contributed by atoms with E-state index < -0.39 is 11.7 Å². The van der Waals surface area contributed by atoms with Crippen molar-refractivity contribution in [1.29, 1.82) is 0 Å². The van der Waals surface area contributed by atoms with Crippen molar-refractivity contribution in [3.8, 4) is 0 Å². The number of hydrogen-bond donors (Lipinski definition) is 2. The minimum Gasteiger partial charge on any atom is -0.387 e. The lowest BCUT2D eigenvalue weighted by Crippen LogP contribution is -2.19. The van der Waals surface area contributed by atoms with Crippen LogP contribution in [0.5, 0.6) is 0 Å². The van der Waals surface area contributed by atoms with Gasteiger partial charge in [-0.25, -0.2) is 0 Å². The fourth-order valence-electron chi connectivity index (χ4n) is 1.36. The Morgan fingerprint density at radius 3 is 2.23 bits per heavy atom. The summed E-state index contributed by atoms with van der Waals surface area (Å²) >= 11 is 5.70. The quantitative estimate of drug-likeness (QED) is 0.762. The fourth-order valence-corrected chi connectivity index (χ4v) is 1.48. The number of rotatable bonds is 2. The van der Waals surface area contributed by atoms with E-state index in [0.29, 0.717) is 17.9 Å². The van der Waals surface area contributed by atoms with Crippen molar-refractivity contribution in [3.63, 3.8) is 0 Å². The maximum Gasteiger partial charge on any atom is 0.108 e. The Hall–Kier alpha value is -0.570. The maximum absolute atomic E-state index is 9.72. The van der Waals surface area contributed by atoms with Gasteiger partial charge in [-0.3, -0.25) is 0 Å². The molecule has 0 bridgehead atoms. The van der Waals surface area contributed by atoms with Gasteiger partial charge in [-0.2, -0.15) is 0 Å². The molecule has 3 heteroatoms. The van der Waals surface area contributed by atoms with Crippen LogP contribution in [0, 0.1) is 0 Å². The lowest BCUT2D eigenvalue weighted by atomic mass is 10.0. The first-order chi connectivity index (χ1) is 6.12. The summed E-state index contributed by atoms with van der Waals surface area (Å²) in [6.45, 7) is 0. The number of aliphatic hydroxyl groups is 2. The molecule has 70 valence electrons. The molecular weight excluding hydrogens is 188 g/mol. The van der Waals surface area contributed by atoms with Gasteiger partial charge in [0, 0.05) is 5.02 Å². The van der Waals surface area contributed by atoms with E-state index in [1.165, 1.54) is 0 Å². The van der Waals surface area contributed by atoms with Gasteiger partial charge in [0.05, 0.1) is 5.60 Å². The zero-order valence-electron chi connectivity index (χ0n) is 7.07. The average Bonchev–Trinajstić information content (AvgIpc) is 2.85. The third-order valence-corrected chi connectivity index (χ3v) is 2.71. The van der Waals surface area contributed by atoms with Crippen molar-refractivity contribution in [3.05, 3.63) is 34.9 Å². The first kappa shape index (κ1) is 9.00. The molecule has 1 saturated carbocycles. The summed E-state index contributed by atoms with van der Waals surface area (Å²) in [7, 11) is 0. The smallest absolute Gasteiger partial charge is 0.108 e. The molecule has 1 aromatic carbocycles. The van der Waals surface area contributed by atoms with Gasteiger partial charge in [-0.05, 0) is 30.5 Å². The van der Waals surface area contributed by atoms with Gasteiger partial charge in [0.25, 0.3) is 0 Å². The van der Waals surface area contributed by atoms with Crippen molar-refractivity contribution in [2.45, 2.75) is 24.5 Å². The second-order valence-corrected chi connectivity index (χ2v) is 3.99. The number of aliphatic hydroxyl groups excluding tert-OH is 1. The summed E-state index contributed by atoms with van der Waals surface area (Å²) < 4.78 is 0. The molecule has 0 heterocycles. The maximum atomic E-state index is 9.72. The largest absolute Gasteiger partial charge is 0.387 e. The molecule has 0 spiro atoms. The van der Waals surface area contributed by atoms with Gasteiger partial charge in [0.2, 0.25) is 0 Å². The zero-order valence-corrected chi connectivity index (χ0v) is 7.83. The Morgan fingerprint density at radius 1 is 1.23 bits per heavy atom. The van der Waals surface area contributed by atoms with E-state index in [0.717, 1.165) is 5.56 Å². The van der Waals surface area contributed by atoms with E-state index in [9.17, 15) is 10.2 Å². The van der Waals surface area contributed by atoms with Gasteiger partial charge in [-0.15, -0.1) is 0 Å².